The summed E-state index contributed by atoms with van der Waals surface area (Å²) in [6.45, 7) is 4.58. The van der Waals surface area contributed by atoms with Gasteiger partial charge in [0, 0.05) is 25.7 Å². The van der Waals surface area contributed by atoms with Crippen LogP contribution in [0.2, 0.25) is 0 Å². The molecule has 0 bridgehead atoms. The summed E-state index contributed by atoms with van der Waals surface area (Å²) in [7, 11) is 0. The molecule has 0 saturated carbocycles. The van der Waals surface area contributed by atoms with E-state index < -0.39 is 0 Å². The lowest BCUT2D eigenvalue weighted by molar-refractivity contribution is -0.124. The first-order chi connectivity index (χ1) is 9.25. The third kappa shape index (κ3) is 4.65. The molecule has 4 heteroatoms. The molecule has 19 heavy (non-hydrogen) atoms. The normalized spacial score (nSPS) is 20.8. The average Bonchev–Trinajstić information content (AvgIpc) is 2.47. The Morgan fingerprint density at radius 3 is 2.84 bits per heavy atom. The Morgan fingerprint density at radius 2 is 2.16 bits per heavy atom. The van der Waals surface area contributed by atoms with Gasteiger partial charge in [0.05, 0.1) is 6.04 Å². The summed E-state index contributed by atoms with van der Waals surface area (Å²) in [5, 5.41) is 9.53. The summed E-state index contributed by atoms with van der Waals surface area (Å²) in [4.78, 5) is 12.0. The molecule has 2 atom stereocenters. The number of hydrogen-bond donors (Lipinski definition) is 3. The Hall–Kier alpha value is -1.39. The number of hydrogen-bond acceptors (Lipinski definition) is 3. The van der Waals surface area contributed by atoms with Gasteiger partial charge in [0.15, 0.2) is 0 Å². The van der Waals surface area contributed by atoms with Crippen LogP contribution in [0, 0.1) is 0 Å². The first kappa shape index (κ1) is 14.0. The average molecular weight is 261 g/mol. The number of amides is 1. The third-order valence-corrected chi connectivity index (χ3v) is 3.45. The van der Waals surface area contributed by atoms with Crippen molar-refractivity contribution in [1.82, 2.24) is 16.0 Å². The van der Waals surface area contributed by atoms with Crippen molar-refractivity contribution in [3.8, 4) is 0 Å². The van der Waals surface area contributed by atoms with Crippen LogP contribution in [0.3, 0.4) is 0 Å². The summed E-state index contributed by atoms with van der Waals surface area (Å²) >= 11 is 0. The Kier molecular flexibility index (Phi) is 5.36. The van der Waals surface area contributed by atoms with Crippen LogP contribution in [0.25, 0.3) is 0 Å². The van der Waals surface area contributed by atoms with Crippen LogP contribution < -0.4 is 16.0 Å². The topological polar surface area (TPSA) is 53.2 Å². The Bertz CT molecular complexity index is 388. The lowest BCUT2D eigenvalue weighted by Gasteiger charge is -2.25. The quantitative estimate of drug-likeness (QED) is 0.731. The lowest BCUT2D eigenvalue weighted by atomic mass is 10.1. The lowest BCUT2D eigenvalue weighted by Crippen LogP contribution is -2.56. The maximum atomic E-state index is 12.0. The van der Waals surface area contributed by atoms with Crippen LogP contribution in [-0.2, 0) is 11.2 Å². The number of aryl methyl sites for hydroxylation is 1. The van der Waals surface area contributed by atoms with E-state index in [1.54, 1.807) is 0 Å². The van der Waals surface area contributed by atoms with Crippen LogP contribution >= 0.6 is 0 Å². The van der Waals surface area contributed by atoms with Crippen molar-refractivity contribution in [2.24, 2.45) is 0 Å². The van der Waals surface area contributed by atoms with E-state index in [1.165, 1.54) is 5.56 Å². The van der Waals surface area contributed by atoms with Crippen molar-refractivity contribution in [2.75, 3.05) is 19.6 Å². The molecule has 1 aliphatic rings. The van der Waals surface area contributed by atoms with E-state index in [2.05, 4.69) is 47.1 Å². The van der Waals surface area contributed by atoms with Crippen LogP contribution in [0.1, 0.15) is 18.9 Å². The van der Waals surface area contributed by atoms with Gasteiger partial charge in [-0.1, -0.05) is 30.3 Å². The van der Waals surface area contributed by atoms with Crippen molar-refractivity contribution < 1.29 is 4.79 Å². The number of carbonyl (C=O) groups excluding carboxylic acids is 1. The maximum Gasteiger partial charge on any atom is 0.238 e. The van der Waals surface area contributed by atoms with Gasteiger partial charge < -0.3 is 16.0 Å². The van der Waals surface area contributed by atoms with E-state index in [0.29, 0.717) is 0 Å². The van der Waals surface area contributed by atoms with Crippen LogP contribution in [0.4, 0.5) is 0 Å². The molecule has 1 aromatic rings. The highest BCUT2D eigenvalue weighted by Gasteiger charge is 2.21. The molecule has 1 aliphatic heterocycles. The summed E-state index contributed by atoms with van der Waals surface area (Å²) in [6, 6.07) is 10.5. The minimum Gasteiger partial charge on any atom is -0.352 e. The van der Waals surface area contributed by atoms with Gasteiger partial charge in [-0.2, -0.15) is 0 Å². The van der Waals surface area contributed by atoms with Gasteiger partial charge in [-0.25, -0.2) is 0 Å². The van der Waals surface area contributed by atoms with E-state index in [4.69, 9.17) is 0 Å². The molecule has 1 aromatic carbocycles. The summed E-state index contributed by atoms with van der Waals surface area (Å²) in [6.07, 6.45) is 1.97. The van der Waals surface area contributed by atoms with E-state index >= 15 is 0 Å². The number of piperazine rings is 1. The van der Waals surface area contributed by atoms with E-state index in [1.807, 2.05) is 6.07 Å². The van der Waals surface area contributed by atoms with Gasteiger partial charge in [-0.3, -0.25) is 4.79 Å². The van der Waals surface area contributed by atoms with Crippen molar-refractivity contribution >= 4 is 5.91 Å². The fourth-order valence-electron chi connectivity index (χ4n) is 2.28. The zero-order chi connectivity index (χ0) is 13.5. The van der Waals surface area contributed by atoms with Gasteiger partial charge in [0.2, 0.25) is 5.91 Å². The molecule has 4 nitrogen and oxygen atoms in total. The zero-order valence-corrected chi connectivity index (χ0v) is 11.5. The molecule has 3 N–H and O–H groups in total. The molecule has 1 fully saturated rings. The number of benzene rings is 1. The molecule has 0 aromatic heterocycles. The standard InChI is InChI=1S/C15H23N3O/c1-12(7-8-13-5-3-2-4-6-13)18-15(19)14-11-16-9-10-17-14/h2-6,12,14,16-17H,7-11H2,1H3,(H,18,19). The molecule has 1 amide bonds. The van der Waals surface area contributed by atoms with Gasteiger partial charge in [0.25, 0.3) is 0 Å². The van der Waals surface area contributed by atoms with Gasteiger partial charge in [-0.05, 0) is 25.3 Å². The van der Waals surface area contributed by atoms with Crippen molar-refractivity contribution in [2.45, 2.75) is 31.8 Å². The van der Waals surface area contributed by atoms with E-state index in [9.17, 15) is 4.79 Å². The zero-order valence-electron chi connectivity index (χ0n) is 11.5. The van der Waals surface area contributed by atoms with Crippen LogP contribution in [0.5, 0.6) is 0 Å². The van der Waals surface area contributed by atoms with Gasteiger partial charge in [-0.15, -0.1) is 0 Å². The molecule has 2 unspecified atom stereocenters. The minimum atomic E-state index is -0.0899. The SMILES string of the molecule is CC(CCc1ccccc1)NC(=O)C1CNCCN1. The maximum absolute atomic E-state index is 12.0. The second kappa shape index (κ2) is 7.26. The van der Waals surface area contributed by atoms with Gasteiger partial charge in [0.1, 0.15) is 0 Å². The highest BCUT2D eigenvalue weighted by Crippen LogP contribution is 2.05. The summed E-state index contributed by atoms with van der Waals surface area (Å²) in [5.74, 6) is 0.104. The van der Waals surface area contributed by atoms with E-state index in [-0.39, 0.29) is 18.0 Å². The Labute approximate surface area is 115 Å². The first-order valence-electron chi connectivity index (χ1n) is 7.04. The van der Waals surface area contributed by atoms with Crippen LogP contribution in [0.15, 0.2) is 30.3 Å². The summed E-state index contributed by atoms with van der Waals surface area (Å²) < 4.78 is 0. The third-order valence-electron chi connectivity index (χ3n) is 3.45. The predicted molar refractivity (Wildman–Crippen MR) is 77.0 cm³/mol. The monoisotopic (exact) mass is 261 g/mol. The largest absolute Gasteiger partial charge is 0.352 e. The number of nitrogens with one attached hydrogen (secondary N) is 3. The van der Waals surface area contributed by atoms with Crippen LogP contribution in [-0.4, -0.2) is 37.6 Å². The molecule has 2 rings (SSSR count). The Balaban J connectivity index is 1.71. The smallest absolute Gasteiger partial charge is 0.238 e. The van der Waals surface area contributed by atoms with Crippen molar-refractivity contribution in [1.29, 1.82) is 0 Å². The van der Waals surface area contributed by atoms with Crippen molar-refractivity contribution in [3.63, 3.8) is 0 Å². The first-order valence-corrected chi connectivity index (χ1v) is 7.04. The number of rotatable bonds is 5. The molecule has 0 spiro atoms. The highest BCUT2D eigenvalue weighted by molar-refractivity contribution is 5.82. The Morgan fingerprint density at radius 1 is 1.37 bits per heavy atom. The fourth-order valence-corrected chi connectivity index (χ4v) is 2.28. The molecule has 1 saturated heterocycles. The molecule has 104 valence electrons. The summed E-state index contributed by atoms with van der Waals surface area (Å²) in [5.41, 5.74) is 1.32. The molecule has 1 heterocycles. The highest BCUT2D eigenvalue weighted by atomic mass is 16.2. The molecule has 0 radical (unpaired) electrons. The molecular formula is C15H23N3O. The predicted octanol–water partition coefficient (Wildman–Crippen LogP) is 0.685. The van der Waals surface area contributed by atoms with E-state index in [0.717, 1.165) is 32.5 Å². The molecule has 0 aliphatic carbocycles. The minimum absolute atomic E-state index is 0.0899. The second-order valence-corrected chi connectivity index (χ2v) is 5.14. The molecular weight excluding hydrogens is 238 g/mol. The fraction of sp³-hybridized carbons (Fsp3) is 0.533. The second-order valence-electron chi connectivity index (χ2n) is 5.14. The van der Waals surface area contributed by atoms with Gasteiger partial charge >= 0.3 is 0 Å². The van der Waals surface area contributed by atoms with Crippen molar-refractivity contribution in [3.05, 3.63) is 35.9 Å². The number of carbonyl (C=O) groups is 1.